The minimum atomic E-state index is -0.859. The average molecular weight is 533 g/mol. The van der Waals surface area contributed by atoms with Crippen LogP contribution in [0.1, 0.15) is 43.0 Å². The summed E-state index contributed by atoms with van der Waals surface area (Å²) in [5.41, 5.74) is 2.97. The Balaban J connectivity index is 1.66. The molecule has 4 aromatic rings. The van der Waals surface area contributed by atoms with Crippen molar-refractivity contribution in [2.24, 2.45) is 0 Å². The van der Waals surface area contributed by atoms with Gasteiger partial charge in [-0.25, -0.2) is 4.98 Å². The first-order valence-corrected chi connectivity index (χ1v) is 13.3. The molecule has 0 saturated carbocycles. The number of aliphatic hydroxyl groups is 1. The number of thiazole rings is 1. The Morgan fingerprint density at radius 3 is 2.46 bits per heavy atom. The van der Waals surface area contributed by atoms with Crippen LogP contribution in [-0.4, -0.2) is 28.4 Å². The number of fused-ring (bicyclic) bond motifs is 1. The number of carbonyl (C=O) groups is 2. The Hall–Kier alpha value is -3.68. The van der Waals surface area contributed by atoms with Gasteiger partial charge in [0.2, 0.25) is 0 Å². The summed E-state index contributed by atoms with van der Waals surface area (Å²) < 4.78 is 6.64. The number of nitrogens with zero attached hydrogens (tertiary/aromatic N) is 2. The molecule has 1 atom stereocenters. The van der Waals surface area contributed by atoms with Crippen molar-refractivity contribution in [3.63, 3.8) is 0 Å². The SMILES string of the molecule is CCCOc1ccc([C@@H]2/C(=C(\O)c3ccc(Cl)cc3)C(=O)C(=O)N2c2nc3ccc(CC)cc3s2)cc1. The molecule has 1 saturated heterocycles. The van der Waals surface area contributed by atoms with Crippen LogP contribution in [0.25, 0.3) is 16.0 Å². The van der Waals surface area contributed by atoms with Crippen LogP contribution in [0, 0.1) is 0 Å². The van der Waals surface area contributed by atoms with E-state index in [9.17, 15) is 14.7 Å². The Bertz CT molecular complexity index is 1510. The number of carbonyl (C=O) groups excluding carboxylic acids is 2. The fraction of sp³-hybridized carbons (Fsp3) is 0.207. The van der Waals surface area contributed by atoms with Gasteiger partial charge in [0.25, 0.3) is 5.78 Å². The number of halogens is 1. The van der Waals surface area contributed by atoms with Gasteiger partial charge in [0.05, 0.1) is 28.4 Å². The van der Waals surface area contributed by atoms with E-state index < -0.39 is 17.7 Å². The third-order valence-corrected chi connectivity index (χ3v) is 7.56. The fourth-order valence-corrected chi connectivity index (χ4v) is 5.54. The van der Waals surface area contributed by atoms with Crippen molar-refractivity contribution in [1.82, 2.24) is 4.98 Å². The monoisotopic (exact) mass is 532 g/mol. The van der Waals surface area contributed by atoms with Crippen molar-refractivity contribution < 1.29 is 19.4 Å². The lowest BCUT2D eigenvalue weighted by Gasteiger charge is -2.23. The molecule has 37 heavy (non-hydrogen) atoms. The smallest absolute Gasteiger partial charge is 0.301 e. The molecule has 3 aromatic carbocycles. The number of ketones is 1. The number of hydrogen-bond acceptors (Lipinski definition) is 6. The second kappa shape index (κ2) is 10.4. The van der Waals surface area contributed by atoms with Crippen LogP contribution in [0.2, 0.25) is 5.02 Å². The topological polar surface area (TPSA) is 79.7 Å². The van der Waals surface area contributed by atoms with Crippen molar-refractivity contribution in [3.05, 3.63) is 94.0 Å². The minimum Gasteiger partial charge on any atom is -0.507 e. The molecule has 0 aliphatic carbocycles. The summed E-state index contributed by atoms with van der Waals surface area (Å²) in [6, 6.07) is 18.8. The van der Waals surface area contributed by atoms with Gasteiger partial charge in [-0.15, -0.1) is 0 Å². The lowest BCUT2D eigenvalue weighted by molar-refractivity contribution is -0.132. The molecule has 188 valence electrons. The zero-order valence-corrected chi connectivity index (χ0v) is 22.0. The van der Waals surface area contributed by atoms with E-state index in [0.717, 1.165) is 28.6 Å². The first kappa shape index (κ1) is 25.0. The van der Waals surface area contributed by atoms with Gasteiger partial charge in [0.1, 0.15) is 11.5 Å². The van der Waals surface area contributed by atoms with Crippen molar-refractivity contribution in [1.29, 1.82) is 0 Å². The summed E-state index contributed by atoms with van der Waals surface area (Å²) in [6.07, 6.45) is 1.75. The standard InChI is InChI=1S/C29H25ClN2O4S/c1-3-15-36-21-12-8-18(9-13-21)25-24(26(33)19-6-10-20(30)11-7-19)27(34)28(35)32(25)29-31-22-14-5-17(4-2)16-23(22)37-29/h5-14,16,25,33H,3-4,15H2,1-2H3/b26-24+/t25-/m1/s1. The van der Waals surface area contributed by atoms with Crippen molar-refractivity contribution >= 4 is 55.7 Å². The maximum absolute atomic E-state index is 13.4. The van der Waals surface area contributed by atoms with Crippen LogP contribution in [0.4, 0.5) is 5.13 Å². The van der Waals surface area contributed by atoms with Crippen LogP contribution in [0.15, 0.2) is 72.3 Å². The summed E-state index contributed by atoms with van der Waals surface area (Å²) >= 11 is 7.37. The van der Waals surface area contributed by atoms with E-state index in [1.54, 1.807) is 36.4 Å². The maximum Gasteiger partial charge on any atom is 0.301 e. The molecule has 1 fully saturated rings. The molecule has 2 heterocycles. The van der Waals surface area contributed by atoms with E-state index >= 15 is 0 Å². The van der Waals surface area contributed by atoms with Crippen LogP contribution < -0.4 is 9.64 Å². The molecule has 0 unspecified atom stereocenters. The van der Waals surface area contributed by atoms with Gasteiger partial charge < -0.3 is 9.84 Å². The molecular weight excluding hydrogens is 508 g/mol. The predicted molar refractivity (Wildman–Crippen MR) is 147 cm³/mol. The predicted octanol–water partition coefficient (Wildman–Crippen LogP) is 6.93. The Morgan fingerprint density at radius 2 is 1.78 bits per heavy atom. The van der Waals surface area contributed by atoms with E-state index in [1.165, 1.54) is 16.2 Å². The van der Waals surface area contributed by atoms with E-state index in [2.05, 4.69) is 13.0 Å². The average Bonchev–Trinajstić information content (AvgIpc) is 3.45. The maximum atomic E-state index is 13.4. The Labute approximate surface area is 223 Å². The number of hydrogen-bond donors (Lipinski definition) is 1. The van der Waals surface area contributed by atoms with E-state index in [4.69, 9.17) is 21.3 Å². The first-order chi connectivity index (χ1) is 17.9. The summed E-state index contributed by atoms with van der Waals surface area (Å²) in [7, 11) is 0. The van der Waals surface area contributed by atoms with Gasteiger partial charge >= 0.3 is 5.91 Å². The van der Waals surface area contributed by atoms with Gasteiger partial charge in [-0.1, -0.05) is 55.0 Å². The molecule has 1 amide bonds. The lowest BCUT2D eigenvalue weighted by atomic mass is 9.95. The van der Waals surface area contributed by atoms with Crippen LogP contribution in [-0.2, 0) is 16.0 Å². The quantitative estimate of drug-likeness (QED) is 0.159. The van der Waals surface area contributed by atoms with E-state index in [1.807, 2.05) is 31.2 Å². The van der Waals surface area contributed by atoms with Crippen LogP contribution in [0.3, 0.4) is 0 Å². The largest absolute Gasteiger partial charge is 0.507 e. The number of amides is 1. The van der Waals surface area contributed by atoms with Gasteiger partial charge in [0, 0.05) is 10.6 Å². The number of benzene rings is 3. The van der Waals surface area contributed by atoms with Crippen molar-refractivity contribution in [2.75, 3.05) is 11.5 Å². The zero-order chi connectivity index (χ0) is 26.1. The highest BCUT2D eigenvalue weighted by Gasteiger charge is 2.48. The highest BCUT2D eigenvalue weighted by Crippen LogP contribution is 2.44. The summed E-state index contributed by atoms with van der Waals surface area (Å²) in [6.45, 7) is 4.69. The normalized spacial score (nSPS) is 17.1. The fourth-order valence-electron chi connectivity index (χ4n) is 4.35. The number of anilines is 1. The Kier molecular flexibility index (Phi) is 7.00. The van der Waals surface area contributed by atoms with Crippen molar-refractivity contribution in [3.8, 4) is 5.75 Å². The molecule has 6 nitrogen and oxygen atoms in total. The molecule has 1 aromatic heterocycles. The van der Waals surface area contributed by atoms with Gasteiger partial charge in [0.15, 0.2) is 5.13 Å². The molecule has 0 bridgehead atoms. The molecule has 1 aliphatic heterocycles. The van der Waals surface area contributed by atoms with Crippen LogP contribution >= 0.6 is 22.9 Å². The van der Waals surface area contributed by atoms with Gasteiger partial charge in [-0.2, -0.15) is 0 Å². The van der Waals surface area contributed by atoms with Crippen LogP contribution in [0.5, 0.6) is 5.75 Å². The summed E-state index contributed by atoms with van der Waals surface area (Å²) in [5, 5.41) is 12.2. The number of rotatable bonds is 7. The third-order valence-electron chi connectivity index (χ3n) is 6.29. The Morgan fingerprint density at radius 1 is 1.05 bits per heavy atom. The number of aliphatic hydroxyl groups excluding tert-OH is 1. The van der Waals surface area contributed by atoms with Crippen molar-refractivity contribution in [2.45, 2.75) is 32.7 Å². The zero-order valence-electron chi connectivity index (χ0n) is 20.4. The van der Waals surface area contributed by atoms with Gasteiger partial charge in [-0.3, -0.25) is 14.5 Å². The second-order valence-electron chi connectivity index (χ2n) is 8.75. The van der Waals surface area contributed by atoms with E-state index in [0.29, 0.717) is 33.6 Å². The third kappa shape index (κ3) is 4.72. The van der Waals surface area contributed by atoms with Gasteiger partial charge in [-0.05, 0) is 72.5 Å². The first-order valence-electron chi connectivity index (χ1n) is 12.1. The number of aromatic nitrogens is 1. The summed E-state index contributed by atoms with van der Waals surface area (Å²) in [5.74, 6) is -1.07. The number of aryl methyl sites for hydroxylation is 1. The lowest BCUT2D eigenvalue weighted by Crippen LogP contribution is -2.29. The molecule has 8 heteroatoms. The molecular formula is C29H25ClN2O4S. The number of ether oxygens (including phenoxy) is 1. The highest BCUT2D eigenvalue weighted by atomic mass is 35.5. The molecule has 0 radical (unpaired) electrons. The molecule has 1 aliphatic rings. The second-order valence-corrected chi connectivity index (χ2v) is 10.2. The number of Topliss-reactive ketones (excluding diaryl/α,β-unsaturated/α-hetero) is 1. The van der Waals surface area contributed by atoms with E-state index in [-0.39, 0.29) is 11.3 Å². The molecule has 1 N–H and O–H groups in total. The summed E-state index contributed by atoms with van der Waals surface area (Å²) in [4.78, 5) is 32.9. The minimum absolute atomic E-state index is 0.00283. The molecule has 0 spiro atoms. The highest BCUT2D eigenvalue weighted by molar-refractivity contribution is 7.22. The molecule has 5 rings (SSSR count).